The number of nitrogens with zero attached hydrogens (tertiary/aromatic N) is 4. The van der Waals surface area contributed by atoms with Gasteiger partial charge in [-0.2, -0.15) is 5.10 Å². The molecule has 6 rings (SSSR count). The Balaban J connectivity index is 1.23. The number of carbonyl (C=O) groups excluding carboxylic acids is 1. The largest absolute Gasteiger partial charge is 0.493 e. The lowest BCUT2D eigenvalue weighted by atomic mass is 9.92. The predicted molar refractivity (Wildman–Crippen MR) is 155 cm³/mol. The molecule has 2 atom stereocenters. The van der Waals surface area contributed by atoms with Gasteiger partial charge >= 0.3 is 6.09 Å². The van der Waals surface area contributed by atoms with Gasteiger partial charge in [0.1, 0.15) is 30.2 Å². The number of halogens is 1. The van der Waals surface area contributed by atoms with E-state index in [9.17, 15) is 9.90 Å². The number of rotatable bonds is 8. The smallest absolute Gasteiger partial charge is 0.416 e. The first-order chi connectivity index (χ1) is 19.9. The summed E-state index contributed by atoms with van der Waals surface area (Å²) in [4.78, 5) is 22.7. The third kappa shape index (κ3) is 5.91. The van der Waals surface area contributed by atoms with Gasteiger partial charge in [-0.05, 0) is 66.9 Å². The molecule has 0 saturated carbocycles. The van der Waals surface area contributed by atoms with Crippen molar-refractivity contribution in [2.75, 3.05) is 13.2 Å². The van der Waals surface area contributed by atoms with E-state index < -0.39 is 12.2 Å². The van der Waals surface area contributed by atoms with Crippen LogP contribution in [-0.4, -0.2) is 55.1 Å². The monoisotopic (exact) mass is 571 g/mol. The van der Waals surface area contributed by atoms with Crippen molar-refractivity contribution in [3.63, 3.8) is 0 Å². The number of hydrogen-bond acceptors (Lipinski definition) is 6. The lowest BCUT2D eigenvalue weighted by molar-refractivity contribution is 0.118. The molecule has 0 saturated heterocycles. The van der Waals surface area contributed by atoms with E-state index in [1.165, 1.54) is 6.33 Å². The molecule has 210 valence electrons. The van der Waals surface area contributed by atoms with Crippen LogP contribution in [0.5, 0.6) is 11.5 Å². The fourth-order valence-corrected chi connectivity index (χ4v) is 5.44. The minimum Gasteiger partial charge on any atom is -0.493 e. The molecule has 2 N–H and O–H groups in total. The highest BCUT2D eigenvalue weighted by Gasteiger charge is 2.35. The van der Waals surface area contributed by atoms with E-state index in [0.717, 1.165) is 33.3 Å². The highest BCUT2D eigenvalue weighted by molar-refractivity contribution is 6.31. The summed E-state index contributed by atoms with van der Waals surface area (Å²) in [6.07, 6.45) is 3.12. The van der Waals surface area contributed by atoms with Gasteiger partial charge in [-0.3, -0.25) is 9.58 Å². The maximum absolute atomic E-state index is 13.5. The number of amides is 1. The molecule has 9 nitrogen and oxygen atoms in total. The SMILES string of the molecule is Cc1ccc(OC(=O)N2CCc3c([nH]c4ccc(Cl)cc34)[C@@H]2c2ccc(OCCC(O)Cn3cncn3)cc2)cc1. The number of benzene rings is 3. The van der Waals surface area contributed by atoms with Crippen LogP contribution in [0.1, 0.15) is 34.8 Å². The molecule has 1 aliphatic heterocycles. The van der Waals surface area contributed by atoms with Crippen molar-refractivity contribution in [2.24, 2.45) is 0 Å². The van der Waals surface area contributed by atoms with Gasteiger partial charge in [0, 0.05) is 34.6 Å². The number of aryl methyl sites for hydroxylation is 1. The van der Waals surface area contributed by atoms with Crippen LogP contribution in [0.25, 0.3) is 10.9 Å². The van der Waals surface area contributed by atoms with Gasteiger partial charge in [-0.1, -0.05) is 41.4 Å². The Hall–Kier alpha value is -4.34. The van der Waals surface area contributed by atoms with Crippen LogP contribution in [0.2, 0.25) is 5.02 Å². The standard InChI is InChI=1S/C31H30ClN5O4/c1-20-2-7-25(8-3-20)41-31(39)37-14-12-26-27-16-22(32)6-11-28(27)35-29(26)30(37)21-4-9-24(10-5-21)40-15-13-23(38)17-36-19-33-18-34-36/h2-11,16,18-19,23,30,35,38H,12-15,17H2,1H3/t23?,30-/m0/s1. The summed E-state index contributed by atoms with van der Waals surface area (Å²) < 4.78 is 13.3. The Bertz CT molecular complexity index is 1630. The van der Waals surface area contributed by atoms with Gasteiger partial charge < -0.3 is 19.6 Å². The highest BCUT2D eigenvalue weighted by Crippen LogP contribution is 2.40. The average molecular weight is 572 g/mol. The minimum absolute atomic E-state index is 0.348. The Labute approximate surface area is 242 Å². The number of carbonyl (C=O) groups is 1. The van der Waals surface area contributed by atoms with Crippen molar-refractivity contribution in [1.82, 2.24) is 24.6 Å². The molecule has 3 aromatic carbocycles. The number of aliphatic hydroxyl groups is 1. The third-order valence-corrected chi connectivity index (χ3v) is 7.56. The van der Waals surface area contributed by atoms with E-state index in [4.69, 9.17) is 21.1 Å². The zero-order chi connectivity index (χ0) is 28.3. The molecule has 0 spiro atoms. The molecule has 41 heavy (non-hydrogen) atoms. The van der Waals surface area contributed by atoms with Crippen molar-refractivity contribution in [3.05, 3.63) is 107 Å². The lowest BCUT2D eigenvalue weighted by Gasteiger charge is -2.35. The summed E-state index contributed by atoms with van der Waals surface area (Å²) in [6.45, 7) is 3.19. The molecule has 0 radical (unpaired) electrons. The summed E-state index contributed by atoms with van der Waals surface area (Å²) >= 11 is 6.33. The molecule has 10 heteroatoms. The van der Waals surface area contributed by atoms with E-state index >= 15 is 0 Å². The van der Waals surface area contributed by atoms with Crippen LogP contribution in [0.3, 0.4) is 0 Å². The number of hydrogen-bond donors (Lipinski definition) is 2. The van der Waals surface area contributed by atoms with Crippen molar-refractivity contribution < 1.29 is 19.4 Å². The van der Waals surface area contributed by atoms with E-state index in [1.807, 2.05) is 61.5 Å². The molecule has 1 aliphatic rings. The fourth-order valence-electron chi connectivity index (χ4n) is 5.26. The molecular weight excluding hydrogens is 542 g/mol. The van der Waals surface area contributed by atoms with Crippen LogP contribution < -0.4 is 9.47 Å². The highest BCUT2D eigenvalue weighted by atomic mass is 35.5. The summed E-state index contributed by atoms with van der Waals surface area (Å²) in [6, 6.07) is 20.6. The van der Waals surface area contributed by atoms with Crippen LogP contribution in [-0.2, 0) is 13.0 Å². The van der Waals surface area contributed by atoms with E-state index in [1.54, 1.807) is 28.0 Å². The van der Waals surface area contributed by atoms with Crippen molar-refractivity contribution in [2.45, 2.75) is 38.5 Å². The topological polar surface area (TPSA) is 106 Å². The first-order valence-electron chi connectivity index (χ1n) is 13.5. The van der Waals surface area contributed by atoms with Gasteiger partial charge in [0.25, 0.3) is 0 Å². The Morgan fingerprint density at radius 3 is 2.66 bits per heavy atom. The third-order valence-electron chi connectivity index (χ3n) is 7.33. The summed E-state index contributed by atoms with van der Waals surface area (Å²) in [5, 5.41) is 16.0. The normalized spacial score (nSPS) is 15.5. The number of aromatic amines is 1. The molecule has 2 aromatic heterocycles. The summed E-state index contributed by atoms with van der Waals surface area (Å²) in [7, 11) is 0. The molecular formula is C31H30ClN5O4. The molecule has 0 bridgehead atoms. The fraction of sp³-hybridized carbons (Fsp3) is 0.258. The first-order valence-corrected chi connectivity index (χ1v) is 13.9. The van der Waals surface area contributed by atoms with Crippen LogP contribution in [0, 0.1) is 6.92 Å². The number of H-pyrrole nitrogens is 1. The Morgan fingerprint density at radius 1 is 1.12 bits per heavy atom. The summed E-state index contributed by atoms with van der Waals surface area (Å²) in [5.74, 6) is 1.18. The van der Waals surface area contributed by atoms with Crippen LogP contribution in [0.15, 0.2) is 79.4 Å². The van der Waals surface area contributed by atoms with Gasteiger partial charge in [0.2, 0.25) is 0 Å². The molecule has 5 aromatic rings. The number of fused-ring (bicyclic) bond motifs is 3. The van der Waals surface area contributed by atoms with Gasteiger partial charge in [-0.15, -0.1) is 0 Å². The van der Waals surface area contributed by atoms with Crippen molar-refractivity contribution in [3.8, 4) is 11.5 Å². The second-order valence-electron chi connectivity index (χ2n) is 10.2. The first kappa shape index (κ1) is 26.9. The minimum atomic E-state index is -0.597. The Morgan fingerprint density at radius 2 is 1.90 bits per heavy atom. The number of nitrogens with one attached hydrogen (secondary N) is 1. The average Bonchev–Trinajstić information content (AvgIpc) is 3.61. The van der Waals surface area contributed by atoms with Gasteiger partial charge in [0.15, 0.2) is 0 Å². The van der Waals surface area contributed by atoms with Crippen LogP contribution >= 0.6 is 11.6 Å². The van der Waals surface area contributed by atoms with E-state index in [-0.39, 0.29) is 6.04 Å². The molecule has 0 aliphatic carbocycles. The van der Waals surface area contributed by atoms with Crippen molar-refractivity contribution in [1.29, 1.82) is 0 Å². The van der Waals surface area contributed by atoms with E-state index in [0.29, 0.717) is 49.1 Å². The number of ether oxygens (including phenoxy) is 2. The zero-order valence-corrected chi connectivity index (χ0v) is 23.3. The van der Waals surface area contributed by atoms with Crippen LogP contribution in [0.4, 0.5) is 4.79 Å². The Kier molecular flexibility index (Phi) is 7.63. The summed E-state index contributed by atoms with van der Waals surface area (Å²) in [5.41, 5.74) is 5.08. The maximum atomic E-state index is 13.5. The molecule has 1 unspecified atom stereocenters. The lowest BCUT2D eigenvalue weighted by Crippen LogP contribution is -2.42. The number of aromatic nitrogens is 4. The number of aliphatic hydroxyl groups excluding tert-OH is 1. The van der Waals surface area contributed by atoms with Gasteiger partial charge in [-0.25, -0.2) is 9.78 Å². The quantitative estimate of drug-likeness (QED) is 0.248. The van der Waals surface area contributed by atoms with E-state index in [2.05, 4.69) is 15.1 Å². The molecule has 0 fully saturated rings. The second kappa shape index (κ2) is 11.6. The second-order valence-corrected chi connectivity index (χ2v) is 10.6. The molecule has 3 heterocycles. The maximum Gasteiger partial charge on any atom is 0.416 e. The molecule has 1 amide bonds. The zero-order valence-electron chi connectivity index (χ0n) is 22.5. The van der Waals surface area contributed by atoms with Crippen molar-refractivity contribution >= 4 is 28.6 Å². The predicted octanol–water partition coefficient (Wildman–Crippen LogP) is 5.70. The van der Waals surface area contributed by atoms with Gasteiger partial charge in [0.05, 0.1) is 19.3 Å².